The van der Waals surface area contributed by atoms with Gasteiger partial charge in [0.05, 0.1) is 0 Å². The van der Waals surface area contributed by atoms with Crippen LogP contribution in [0.2, 0.25) is 0 Å². The Balaban J connectivity index is 0.00000220. The van der Waals surface area contributed by atoms with Crippen LogP contribution in [0.5, 0.6) is 5.75 Å². The van der Waals surface area contributed by atoms with Gasteiger partial charge in [-0.1, -0.05) is 0 Å². The summed E-state index contributed by atoms with van der Waals surface area (Å²) in [5.41, 5.74) is 6.84. The Morgan fingerprint density at radius 2 is 1.41 bits per heavy atom. The van der Waals surface area contributed by atoms with Crippen molar-refractivity contribution in [1.82, 2.24) is 0 Å². The second-order valence-electron chi connectivity index (χ2n) is 5.92. The van der Waals surface area contributed by atoms with Crippen LogP contribution in [0.15, 0.2) is 38.8 Å². The van der Waals surface area contributed by atoms with Gasteiger partial charge in [-0.05, 0) is 0 Å². The molecule has 2 rings (SSSR count). The van der Waals surface area contributed by atoms with Crippen molar-refractivity contribution < 1.29 is 21.1 Å². The average molecular weight is 377 g/mol. The number of allylic oxidation sites excluding steroid dienone is 4. The number of aryl methyl sites for hydroxylation is 2. The molecule has 1 aliphatic carbocycles. The van der Waals surface area contributed by atoms with Crippen LogP contribution in [0.25, 0.3) is 0 Å². The van der Waals surface area contributed by atoms with Crippen molar-refractivity contribution in [3.63, 3.8) is 0 Å². The van der Waals surface area contributed by atoms with Crippen LogP contribution < -0.4 is 3.32 Å². The molecule has 1 aromatic rings. The van der Waals surface area contributed by atoms with Gasteiger partial charge in [0.2, 0.25) is 0 Å². The van der Waals surface area contributed by atoms with Crippen molar-refractivity contribution >= 4 is 29.6 Å². The molecule has 0 amide bonds. The van der Waals surface area contributed by atoms with Crippen molar-refractivity contribution in [1.29, 1.82) is 0 Å². The Kier molecular flexibility index (Phi) is 8.37. The monoisotopic (exact) mass is 376 g/mol. The third-order valence-corrected chi connectivity index (χ3v) is 7.33. The molecule has 1 atom stereocenters. The quantitative estimate of drug-likeness (QED) is 0.610. The molecule has 0 heterocycles. The van der Waals surface area contributed by atoms with E-state index in [-0.39, 0.29) is 24.8 Å². The number of hydrogen-bond acceptors (Lipinski definition) is 1. The Morgan fingerprint density at radius 1 is 0.909 bits per heavy atom. The molecule has 1 aromatic carbocycles. The van der Waals surface area contributed by atoms with E-state index in [1.165, 1.54) is 31.7 Å². The Labute approximate surface area is 153 Å². The van der Waals surface area contributed by atoms with Crippen molar-refractivity contribution in [3.05, 3.63) is 49.9 Å². The van der Waals surface area contributed by atoms with Gasteiger partial charge < -0.3 is 0 Å². The van der Waals surface area contributed by atoms with E-state index in [9.17, 15) is 0 Å². The van der Waals surface area contributed by atoms with Gasteiger partial charge in [0.15, 0.2) is 0 Å². The third-order valence-electron chi connectivity index (χ3n) is 4.38. The van der Waals surface area contributed by atoms with Crippen LogP contribution in [0.3, 0.4) is 0 Å². The number of halogens is 2. The summed E-state index contributed by atoms with van der Waals surface area (Å²) in [6.07, 6.45) is 0. The van der Waals surface area contributed by atoms with Crippen LogP contribution in [0.4, 0.5) is 0 Å². The van der Waals surface area contributed by atoms with E-state index in [1.54, 1.807) is 0 Å². The Morgan fingerprint density at radius 3 is 1.82 bits per heavy atom. The number of hydrogen-bond donors (Lipinski definition) is 0. The van der Waals surface area contributed by atoms with Gasteiger partial charge in [-0.2, -0.15) is 0 Å². The van der Waals surface area contributed by atoms with E-state index in [4.69, 9.17) is 3.32 Å². The molecule has 0 fully saturated rings. The van der Waals surface area contributed by atoms with Gasteiger partial charge in [0.1, 0.15) is 0 Å². The molecule has 1 aliphatic rings. The van der Waals surface area contributed by atoms with Gasteiger partial charge in [-0.15, -0.1) is 24.8 Å². The molecular weight excluding hydrogens is 351 g/mol. The van der Waals surface area contributed by atoms with Crippen molar-refractivity contribution in [3.8, 4) is 5.75 Å². The second kappa shape index (κ2) is 8.50. The van der Waals surface area contributed by atoms with Crippen LogP contribution in [-0.4, -0.2) is 4.82 Å². The third kappa shape index (κ3) is 4.35. The standard InChI is InChI=1S/C9H13.C8H10O.CH2.2ClH.Ti/c1-6-5-7(2)9(4)8(6)3;1-6-3-7(2)5-8(9)4-6;;;;/h6H,1-4H3;3-5,9H,1-2H3;1H2;2*1H;/q;;;;;+1/p-1. The van der Waals surface area contributed by atoms with E-state index < -0.39 is 17.8 Å². The predicted molar refractivity (Wildman–Crippen MR) is 98.4 cm³/mol. The Hall–Kier alpha value is -0.336. The summed E-state index contributed by atoms with van der Waals surface area (Å²) >= 11 is -1.93. The van der Waals surface area contributed by atoms with E-state index in [2.05, 4.69) is 64.6 Å². The summed E-state index contributed by atoms with van der Waals surface area (Å²) in [5.74, 6) is 1.50. The molecule has 1 nitrogen and oxygen atoms in total. The molecule has 0 saturated carbocycles. The second-order valence-corrected chi connectivity index (χ2v) is 8.40. The molecule has 122 valence electrons. The SMILES string of the molecule is Cl.Cl.[CH2]=[Ti]([O]c1cc(C)cc(C)c1)[C]1=C(C)C(C)=C(C)C1C. The van der Waals surface area contributed by atoms with Crippen LogP contribution in [0.1, 0.15) is 38.8 Å². The van der Waals surface area contributed by atoms with E-state index >= 15 is 0 Å². The van der Waals surface area contributed by atoms with Crippen molar-refractivity contribution in [2.75, 3.05) is 0 Å². The molecule has 0 N–H and O–H groups in total. The summed E-state index contributed by atoms with van der Waals surface area (Å²) in [7, 11) is 0. The minimum atomic E-state index is -1.93. The van der Waals surface area contributed by atoms with Crippen molar-refractivity contribution in [2.45, 2.75) is 41.5 Å². The molecule has 4 heteroatoms. The van der Waals surface area contributed by atoms with Gasteiger partial charge in [-0.25, -0.2) is 0 Å². The van der Waals surface area contributed by atoms with E-state index in [0.717, 1.165) is 5.75 Å². The van der Waals surface area contributed by atoms with Crippen LogP contribution in [-0.2, 0) is 17.8 Å². The fourth-order valence-corrected chi connectivity index (χ4v) is 5.84. The van der Waals surface area contributed by atoms with E-state index in [1.807, 2.05) is 0 Å². The maximum absolute atomic E-state index is 6.27. The average Bonchev–Trinajstić information content (AvgIpc) is 2.52. The minimum absolute atomic E-state index is 0. The fraction of sp³-hybridized carbons (Fsp3) is 0.389. The molecule has 1 unspecified atom stereocenters. The first-order valence-corrected chi connectivity index (χ1v) is 9.67. The molecule has 0 aromatic heterocycles. The summed E-state index contributed by atoms with van der Waals surface area (Å²) in [6, 6.07) is 6.41. The molecule has 0 spiro atoms. The van der Waals surface area contributed by atoms with Gasteiger partial charge in [0.25, 0.3) is 0 Å². The normalized spacial score (nSPS) is 17.1. The summed E-state index contributed by atoms with van der Waals surface area (Å²) in [6.45, 7) is 13.2. The molecule has 0 bridgehead atoms. The molecular formula is C18H26Cl2OTi. The zero-order valence-electron chi connectivity index (χ0n) is 14.2. The first-order chi connectivity index (χ1) is 9.31. The van der Waals surface area contributed by atoms with Crippen molar-refractivity contribution in [2.24, 2.45) is 5.92 Å². The van der Waals surface area contributed by atoms with Gasteiger partial charge >= 0.3 is 129 Å². The molecule has 0 saturated heterocycles. The van der Waals surface area contributed by atoms with Gasteiger partial charge in [0, 0.05) is 0 Å². The topological polar surface area (TPSA) is 9.23 Å². The summed E-state index contributed by atoms with van der Waals surface area (Å²) < 4.78 is 7.75. The Bertz CT molecular complexity index is 624. The molecule has 0 radical (unpaired) electrons. The first kappa shape index (κ1) is 21.7. The van der Waals surface area contributed by atoms with Gasteiger partial charge in [-0.3, -0.25) is 0 Å². The summed E-state index contributed by atoms with van der Waals surface area (Å²) in [5, 5.41) is 0. The maximum atomic E-state index is 6.27. The summed E-state index contributed by atoms with van der Waals surface area (Å²) in [4.78, 5) is 4.40. The zero-order chi connectivity index (χ0) is 15.0. The zero-order valence-corrected chi connectivity index (χ0v) is 17.4. The fourth-order valence-electron chi connectivity index (χ4n) is 3.00. The van der Waals surface area contributed by atoms with Crippen LogP contribution >= 0.6 is 24.8 Å². The van der Waals surface area contributed by atoms with Crippen LogP contribution in [0, 0.1) is 19.8 Å². The predicted octanol–water partition coefficient (Wildman–Crippen LogP) is 5.75. The number of benzene rings is 1. The molecule has 22 heavy (non-hydrogen) atoms. The molecule has 0 aliphatic heterocycles. The number of rotatable bonds is 3. The van der Waals surface area contributed by atoms with E-state index in [0.29, 0.717) is 5.92 Å². The first-order valence-electron chi connectivity index (χ1n) is 7.15.